The quantitative estimate of drug-likeness (QED) is 0.582. The van der Waals surface area contributed by atoms with Crippen molar-refractivity contribution in [2.45, 2.75) is 6.92 Å². The van der Waals surface area contributed by atoms with Crippen LogP contribution in [0.1, 0.15) is 15.9 Å². The van der Waals surface area contributed by atoms with Crippen LogP contribution in [0, 0.1) is 17.0 Å². The fourth-order valence-electron chi connectivity index (χ4n) is 1.99. The van der Waals surface area contributed by atoms with Crippen molar-refractivity contribution in [1.82, 2.24) is 10.2 Å². The van der Waals surface area contributed by atoms with Gasteiger partial charge in [-0.1, -0.05) is 22.8 Å². The number of nitrogens with one attached hydrogen (secondary N) is 1. The third-order valence-electron chi connectivity index (χ3n) is 3.28. The number of carbonyl (C=O) groups excluding carboxylic acids is 1. The Morgan fingerprint density at radius 1 is 1.08 bits per heavy atom. The van der Waals surface area contributed by atoms with E-state index in [0.717, 1.165) is 11.1 Å². The van der Waals surface area contributed by atoms with E-state index in [2.05, 4.69) is 15.5 Å². The van der Waals surface area contributed by atoms with Crippen LogP contribution in [0.15, 0.2) is 52.9 Å². The number of carbonyl (C=O) groups is 1. The van der Waals surface area contributed by atoms with E-state index in [1.54, 1.807) is 0 Å². The van der Waals surface area contributed by atoms with Crippen molar-refractivity contribution in [3.63, 3.8) is 0 Å². The van der Waals surface area contributed by atoms with Crippen molar-refractivity contribution >= 4 is 17.6 Å². The maximum absolute atomic E-state index is 12.1. The molecule has 0 aliphatic carbocycles. The van der Waals surface area contributed by atoms with E-state index >= 15 is 0 Å². The van der Waals surface area contributed by atoms with Gasteiger partial charge in [-0.05, 0) is 31.2 Å². The molecule has 8 heteroatoms. The number of aryl methyl sites for hydroxylation is 1. The smallest absolute Gasteiger partial charge is 0.322 e. The number of benzene rings is 2. The van der Waals surface area contributed by atoms with Crippen molar-refractivity contribution < 1.29 is 14.1 Å². The minimum atomic E-state index is -0.534. The molecule has 0 aliphatic heterocycles. The molecule has 24 heavy (non-hydrogen) atoms. The summed E-state index contributed by atoms with van der Waals surface area (Å²) in [5.41, 5.74) is 2.00. The second-order valence-electron chi connectivity index (χ2n) is 5.04. The maximum Gasteiger partial charge on any atom is 0.322 e. The Balaban J connectivity index is 1.73. The second kappa shape index (κ2) is 6.29. The largest absolute Gasteiger partial charge is 0.403 e. The molecule has 1 amide bonds. The first-order chi connectivity index (χ1) is 11.5. The van der Waals surface area contributed by atoms with Gasteiger partial charge in [0.05, 0.1) is 4.92 Å². The number of aromatic nitrogens is 2. The minimum Gasteiger partial charge on any atom is -0.403 e. The molecule has 3 rings (SSSR count). The molecule has 120 valence electrons. The monoisotopic (exact) mass is 324 g/mol. The topological polar surface area (TPSA) is 111 Å². The zero-order chi connectivity index (χ0) is 17.1. The lowest BCUT2D eigenvalue weighted by Gasteiger charge is -2.00. The molecule has 0 atom stereocenters. The first kappa shape index (κ1) is 15.3. The summed E-state index contributed by atoms with van der Waals surface area (Å²) in [5.74, 6) is -0.210. The van der Waals surface area contributed by atoms with Gasteiger partial charge in [0.15, 0.2) is 0 Å². The van der Waals surface area contributed by atoms with Crippen LogP contribution in [0.5, 0.6) is 0 Å². The number of nitro groups is 1. The number of nitro benzene ring substituents is 1. The zero-order valence-electron chi connectivity index (χ0n) is 12.6. The van der Waals surface area contributed by atoms with Crippen LogP contribution in [0.25, 0.3) is 11.5 Å². The average Bonchev–Trinajstić information content (AvgIpc) is 3.04. The highest BCUT2D eigenvalue weighted by atomic mass is 16.6. The Hall–Kier alpha value is -3.55. The Morgan fingerprint density at radius 2 is 1.75 bits per heavy atom. The molecule has 8 nitrogen and oxygen atoms in total. The van der Waals surface area contributed by atoms with Crippen LogP contribution < -0.4 is 5.32 Å². The Labute approximate surface area is 136 Å². The fourth-order valence-corrected chi connectivity index (χ4v) is 1.99. The van der Waals surface area contributed by atoms with Crippen LogP contribution >= 0.6 is 0 Å². The van der Waals surface area contributed by atoms with Gasteiger partial charge in [0.25, 0.3) is 11.6 Å². The highest BCUT2D eigenvalue weighted by Gasteiger charge is 2.14. The first-order valence-electron chi connectivity index (χ1n) is 6.99. The predicted octanol–water partition coefficient (Wildman–Crippen LogP) is 3.21. The Bertz CT molecular complexity index is 885. The number of anilines is 1. The predicted molar refractivity (Wildman–Crippen MR) is 85.5 cm³/mol. The molecular formula is C16H12N4O4. The minimum absolute atomic E-state index is 0.0473. The lowest BCUT2D eigenvalue weighted by atomic mass is 10.1. The van der Waals surface area contributed by atoms with Crippen molar-refractivity contribution in [1.29, 1.82) is 0 Å². The summed E-state index contributed by atoms with van der Waals surface area (Å²) < 4.78 is 5.40. The summed E-state index contributed by atoms with van der Waals surface area (Å²) in [6.07, 6.45) is 0. The lowest BCUT2D eigenvalue weighted by Crippen LogP contribution is -2.12. The molecular weight excluding hydrogens is 312 g/mol. The second-order valence-corrected chi connectivity index (χ2v) is 5.04. The molecule has 0 aliphatic rings. The van der Waals surface area contributed by atoms with Gasteiger partial charge >= 0.3 is 6.01 Å². The molecule has 1 N–H and O–H groups in total. The molecule has 3 aromatic rings. The summed E-state index contributed by atoms with van der Waals surface area (Å²) in [6.45, 7) is 1.97. The SMILES string of the molecule is Cc1ccc(-c2nnc(NC(=O)c3ccc([N+](=O)[O-])cc3)o2)cc1. The van der Waals surface area contributed by atoms with Gasteiger partial charge in [-0.15, -0.1) is 5.10 Å². The van der Waals surface area contributed by atoms with Crippen LogP contribution in [-0.2, 0) is 0 Å². The molecule has 1 heterocycles. The summed E-state index contributed by atoms with van der Waals surface area (Å²) in [4.78, 5) is 22.1. The summed E-state index contributed by atoms with van der Waals surface area (Å²) in [6, 6.07) is 12.7. The van der Waals surface area contributed by atoms with Crippen molar-refractivity contribution in [2.75, 3.05) is 5.32 Å². The van der Waals surface area contributed by atoms with Gasteiger partial charge in [-0.25, -0.2) is 0 Å². The van der Waals surface area contributed by atoms with Crippen LogP contribution in [0.3, 0.4) is 0 Å². The van der Waals surface area contributed by atoms with Crippen LogP contribution in [-0.4, -0.2) is 21.0 Å². The molecule has 0 radical (unpaired) electrons. The first-order valence-corrected chi connectivity index (χ1v) is 6.99. The third-order valence-corrected chi connectivity index (χ3v) is 3.28. The number of hydrogen-bond acceptors (Lipinski definition) is 6. The maximum atomic E-state index is 12.1. The fraction of sp³-hybridized carbons (Fsp3) is 0.0625. The molecule has 0 fully saturated rings. The molecule has 0 spiro atoms. The number of nitrogens with zero attached hydrogens (tertiary/aromatic N) is 3. The van der Waals surface area contributed by atoms with E-state index in [0.29, 0.717) is 0 Å². The van der Waals surface area contributed by atoms with E-state index in [-0.39, 0.29) is 23.2 Å². The zero-order valence-corrected chi connectivity index (χ0v) is 12.6. The highest BCUT2D eigenvalue weighted by Crippen LogP contribution is 2.20. The number of hydrogen-bond donors (Lipinski definition) is 1. The van der Waals surface area contributed by atoms with Crippen molar-refractivity contribution in [3.05, 3.63) is 69.8 Å². The molecule has 0 saturated carbocycles. The standard InChI is InChI=1S/C16H12N4O4/c1-10-2-4-12(5-3-10)15-18-19-16(24-15)17-14(21)11-6-8-13(9-7-11)20(22)23/h2-9H,1H3,(H,17,19,21). The number of amides is 1. The lowest BCUT2D eigenvalue weighted by molar-refractivity contribution is -0.384. The van der Waals surface area contributed by atoms with E-state index in [1.165, 1.54) is 24.3 Å². The molecule has 2 aromatic carbocycles. The van der Waals surface area contributed by atoms with Gasteiger partial charge in [0.1, 0.15) is 0 Å². The van der Waals surface area contributed by atoms with Crippen LogP contribution in [0.4, 0.5) is 11.7 Å². The van der Waals surface area contributed by atoms with Gasteiger partial charge in [-0.3, -0.25) is 20.2 Å². The molecule has 0 saturated heterocycles. The molecule has 0 unspecified atom stereocenters. The average molecular weight is 324 g/mol. The highest BCUT2D eigenvalue weighted by molar-refractivity contribution is 6.03. The summed E-state index contributed by atoms with van der Waals surface area (Å²) in [7, 11) is 0. The van der Waals surface area contributed by atoms with Gasteiger partial charge in [0.2, 0.25) is 5.89 Å². The van der Waals surface area contributed by atoms with Crippen LogP contribution in [0.2, 0.25) is 0 Å². The Morgan fingerprint density at radius 3 is 2.38 bits per heavy atom. The summed E-state index contributed by atoms with van der Waals surface area (Å²) >= 11 is 0. The van der Waals surface area contributed by atoms with Crippen molar-refractivity contribution in [2.24, 2.45) is 0 Å². The van der Waals surface area contributed by atoms with E-state index in [4.69, 9.17) is 4.42 Å². The third kappa shape index (κ3) is 3.27. The van der Waals surface area contributed by atoms with Gasteiger partial charge in [0, 0.05) is 23.3 Å². The Kier molecular flexibility index (Phi) is 4.02. The van der Waals surface area contributed by atoms with Gasteiger partial charge in [-0.2, -0.15) is 0 Å². The van der Waals surface area contributed by atoms with Gasteiger partial charge < -0.3 is 4.42 Å². The van der Waals surface area contributed by atoms with E-state index in [9.17, 15) is 14.9 Å². The number of non-ortho nitro benzene ring substituents is 1. The molecule has 1 aromatic heterocycles. The van der Waals surface area contributed by atoms with E-state index in [1.807, 2.05) is 31.2 Å². The number of rotatable bonds is 4. The normalized spacial score (nSPS) is 10.4. The molecule has 0 bridgehead atoms. The van der Waals surface area contributed by atoms with E-state index < -0.39 is 10.8 Å². The summed E-state index contributed by atoms with van der Waals surface area (Å²) in [5, 5.41) is 20.7. The van der Waals surface area contributed by atoms with Crippen molar-refractivity contribution in [3.8, 4) is 11.5 Å².